The smallest absolute Gasteiger partial charge is 0.416 e. The van der Waals surface area contributed by atoms with Gasteiger partial charge in [-0.15, -0.1) is 11.8 Å². The molecule has 1 heterocycles. The normalized spacial score (nSPS) is 12.0. The van der Waals surface area contributed by atoms with E-state index in [0.717, 1.165) is 23.9 Å². The van der Waals surface area contributed by atoms with Crippen LogP contribution in [0.5, 0.6) is 0 Å². The Kier molecular flexibility index (Phi) is 3.02. The van der Waals surface area contributed by atoms with Gasteiger partial charge in [-0.3, -0.25) is 0 Å². The van der Waals surface area contributed by atoms with Crippen LogP contribution in [0.3, 0.4) is 0 Å². The van der Waals surface area contributed by atoms with Crippen molar-refractivity contribution < 1.29 is 27.5 Å². The number of hydrogen-bond donors (Lipinski definition) is 1. The van der Waals surface area contributed by atoms with Crippen molar-refractivity contribution >= 4 is 28.7 Å². The molecule has 0 aliphatic carbocycles. The molecule has 1 aromatic carbocycles. The average molecular weight is 276 g/mol. The summed E-state index contributed by atoms with van der Waals surface area (Å²) in [7, 11) is 0. The van der Waals surface area contributed by atoms with Gasteiger partial charge in [0.25, 0.3) is 0 Å². The second-order valence-corrected chi connectivity index (χ2v) is 4.29. The largest absolute Gasteiger partial charge is 0.475 e. The number of fused-ring (bicyclic) bond motifs is 1. The van der Waals surface area contributed by atoms with Gasteiger partial charge in [0, 0.05) is 5.39 Å². The summed E-state index contributed by atoms with van der Waals surface area (Å²) in [6.07, 6.45) is -2.85. The Balaban J connectivity index is 2.69. The van der Waals surface area contributed by atoms with E-state index in [-0.39, 0.29) is 11.3 Å². The van der Waals surface area contributed by atoms with Crippen LogP contribution >= 0.6 is 11.8 Å². The van der Waals surface area contributed by atoms with Crippen molar-refractivity contribution in [1.82, 2.24) is 0 Å². The molecule has 0 aliphatic heterocycles. The van der Waals surface area contributed by atoms with Crippen molar-refractivity contribution in [3.05, 3.63) is 29.5 Å². The molecule has 0 spiro atoms. The number of halogens is 3. The molecule has 3 nitrogen and oxygen atoms in total. The van der Waals surface area contributed by atoms with Crippen LogP contribution in [0.4, 0.5) is 13.2 Å². The van der Waals surface area contributed by atoms with Crippen LogP contribution in [0.2, 0.25) is 0 Å². The maximum atomic E-state index is 12.5. The van der Waals surface area contributed by atoms with Gasteiger partial charge in [0.15, 0.2) is 0 Å². The lowest BCUT2D eigenvalue weighted by molar-refractivity contribution is -0.137. The summed E-state index contributed by atoms with van der Waals surface area (Å²) in [5, 5.41) is 9.27. The van der Waals surface area contributed by atoms with E-state index in [1.165, 1.54) is 6.07 Å². The minimum atomic E-state index is -4.48. The molecule has 0 radical (unpaired) electrons. The number of rotatable bonds is 2. The highest BCUT2D eigenvalue weighted by Crippen LogP contribution is 2.37. The van der Waals surface area contributed by atoms with Crippen molar-refractivity contribution in [2.45, 2.75) is 11.1 Å². The average Bonchev–Trinajstić information content (AvgIpc) is 2.65. The van der Waals surface area contributed by atoms with Crippen LogP contribution in [-0.4, -0.2) is 17.3 Å². The first-order valence-corrected chi connectivity index (χ1v) is 5.98. The Morgan fingerprint density at radius 2 is 2.06 bits per heavy atom. The Morgan fingerprint density at radius 1 is 1.39 bits per heavy atom. The van der Waals surface area contributed by atoms with Gasteiger partial charge < -0.3 is 9.52 Å². The van der Waals surface area contributed by atoms with E-state index in [2.05, 4.69) is 0 Å². The Labute approximate surface area is 104 Å². The quantitative estimate of drug-likeness (QED) is 0.846. The first kappa shape index (κ1) is 12.8. The monoisotopic (exact) mass is 276 g/mol. The predicted molar refractivity (Wildman–Crippen MR) is 60.0 cm³/mol. The molecular formula is C11H7F3O3S. The van der Waals surface area contributed by atoms with Crippen molar-refractivity contribution in [2.75, 3.05) is 6.26 Å². The van der Waals surface area contributed by atoms with Crippen molar-refractivity contribution in [3.63, 3.8) is 0 Å². The van der Waals surface area contributed by atoms with E-state index in [0.29, 0.717) is 10.3 Å². The summed E-state index contributed by atoms with van der Waals surface area (Å²) in [6, 6.07) is 2.94. The standard InChI is InChI=1S/C11H7F3O3S/c1-18-9-6-3-2-5(11(12,13)14)4-7(6)17-8(9)10(15)16/h2-4H,1H3,(H,15,16). The number of carbonyl (C=O) groups is 1. The molecule has 0 bridgehead atoms. The lowest BCUT2D eigenvalue weighted by Crippen LogP contribution is -2.03. The fourth-order valence-electron chi connectivity index (χ4n) is 1.59. The summed E-state index contributed by atoms with van der Waals surface area (Å²) in [4.78, 5) is 11.2. The van der Waals surface area contributed by atoms with Crippen molar-refractivity contribution in [1.29, 1.82) is 0 Å². The summed E-state index contributed by atoms with van der Waals surface area (Å²) in [5.41, 5.74) is -0.945. The fraction of sp³-hybridized carbons (Fsp3) is 0.182. The topological polar surface area (TPSA) is 50.4 Å². The molecule has 1 N–H and O–H groups in total. The highest BCUT2D eigenvalue weighted by Gasteiger charge is 2.31. The maximum Gasteiger partial charge on any atom is 0.416 e. The van der Waals surface area contributed by atoms with Gasteiger partial charge in [-0.1, -0.05) is 0 Å². The van der Waals surface area contributed by atoms with Crippen LogP contribution in [0.1, 0.15) is 16.1 Å². The number of thioether (sulfide) groups is 1. The van der Waals surface area contributed by atoms with Gasteiger partial charge in [-0.2, -0.15) is 13.2 Å². The molecule has 0 aliphatic rings. The van der Waals surface area contributed by atoms with E-state index in [1.807, 2.05) is 0 Å². The maximum absolute atomic E-state index is 12.5. The number of carboxylic acids is 1. The van der Waals surface area contributed by atoms with Gasteiger partial charge in [-0.25, -0.2) is 4.79 Å². The SMILES string of the molecule is CSc1c(C(=O)O)oc2cc(C(F)(F)F)ccc12. The van der Waals surface area contributed by atoms with Crippen LogP contribution in [0.15, 0.2) is 27.5 Å². The number of alkyl halides is 3. The first-order valence-electron chi connectivity index (χ1n) is 4.75. The second-order valence-electron chi connectivity index (χ2n) is 3.48. The fourth-order valence-corrected chi connectivity index (χ4v) is 2.30. The number of carboxylic acid groups (broad SMARTS) is 1. The van der Waals surface area contributed by atoms with Crippen LogP contribution in [0.25, 0.3) is 11.0 Å². The zero-order valence-corrected chi connectivity index (χ0v) is 9.85. The molecule has 7 heteroatoms. The third-order valence-electron chi connectivity index (χ3n) is 2.37. The highest BCUT2D eigenvalue weighted by molar-refractivity contribution is 7.98. The van der Waals surface area contributed by atoms with E-state index in [9.17, 15) is 18.0 Å². The molecular weight excluding hydrogens is 269 g/mol. The zero-order valence-electron chi connectivity index (χ0n) is 9.04. The Hall–Kier alpha value is -1.63. The third kappa shape index (κ3) is 2.05. The molecule has 96 valence electrons. The zero-order chi connectivity index (χ0) is 13.5. The summed E-state index contributed by atoms with van der Waals surface area (Å²) in [5.74, 6) is -1.64. The van der Waals surface area contributed by atoms with Gasteiger partial charge in [0.2, 0.25) is 5.76 Å². The molecule has 0 fully saturated rings. The van der Waals surface area contributed by atoms with E-state index in [1.54, 1.807) is 6.26 Å². The van der Waals surface area contributed by atoms with Crippen molar-refractivity contribution in [3.8, 4) is 0 Å². The first-order chi connectivity index (χ1) is 8.34. The van der Waals surface area contributed by atoms with Gasteiger partial charge in [0.1, 0.15) is 5.58 Å². The number of aromatic carboxylic acids is 1. The molecule has 0 unspecified atom stereocenters. The molecule has 0 saturated heterocycles. The van der Waals surface area contributed by atoms with Crippen LogP contribution < -0.4 is 0 Å². The minimum absolute atomic E-state index is 0.0772. The molecule has 2 rings (SSSR count). The van der Waals surface area contributed by atoms with Gasteiger partial charge in [-0.05, 0) is 24.5 Å². The number of furan rings is 1. The number of benzene rings is 1. The summed E-state index contributed by atoms with van der Waals surface area (Å²) in [6.45, 7) is 0. The molecule has 2 aromatic rings. The van der Waals surface area contributed by atoms with Gasteiger partial charge >= 0.3 is 12.1 Å². The summed E-state index contributed by atoms with van der Waals surface area (Å²) < 4.78 is 42.5. The molecule has 18 heavy (non-hydrogen) atoms. The molecule has 0 amide bonds. The Bertz CT molecular complexity index is 616. The van der Waals surface area contributed by atoms with E-state index < -0.39 is 17.7 Å². The molecule has 1 aromatic heterocycles. The number of hydrogen-bond acceptors (Lipinski definition) is 3. The third-order valence-corrected chi connectivity index (χ3v) is 3.18. The van der Waals surface area contributed by atoms with Crippen LogP contribution in [-0.2, 0) is 6.18 Å². The van der Waals surface area contributed by atoms with E-state index >= 15 is 0 Å². The predicted octanol–water partition coefficient (Wildman–Crippen LogP) is 3.87. The van der Waals surface area contributed by atoms with E-state index in [4.69, 9.17) is 9.52 Å². The lowest BCUT2D eigenvalue weighted by atomic mass is 10.1. The summed E-state index contributed by atoms with van der Waals surface area (Å²) >= 11 is 1.12. The highest BCUT2D eigenvalue weighted by atomic mass is 32.2. The Morgan fingerprint density at radius 3 is 2.56 bits per heavy atom. The minimum Gasteiger partial charge on any atom is -0.475 e. The van der Waals surface area contributed by atoms with Crippen molar-refractivity contribution in [2.24, 2.45) is 0 Å². The molecule has 0 saturated carbocycles. The lowest BCUT2D eigenvalue weighted by Gasteiger charge is -2.05. The van der Waals surface area contributed by atoms with Gasteiger partial charge in [0.05, 0.1) is 10.5 Å². The van der Waals surface area contributed by atoms with Crippen LogP contribution in [0, 0.1) is 0 Å². The molecule has 0 atom stereocenters. The second kappa shape index (κ2) is 4.24.